The van der Waals surface area contributed by atoms with E-state index in [2.05, 4.69) is 15.0 Å². The van der Waals surface area contributed by atoms with Crippen molar-refractivity contribution in [1.29, 1.82) is 0 Å². The number of sulfonamides is 1. The second-order valence-electron chi connectivity index (χ2n) is 6.77. The van der Waals surface area contributed by atoms with Gasteiger partial charge in [-0.2, -0.15) is 0 Å². The standard InChI is InChI=1S/C21H23N3O3S2/c1-5-16-8-6-7-9-17(16)23-20(25)19-15(4)22-21(28-19)24-29(26,27)18-11-10-13(2)12-14(18)3/h6-12H,5H2,1-4H3,(H,22,24)(H,23,25). The summed E-state index contributed by atoms with van der Waals surface area (Å²) in [5, 5.41) is 3.06. The van der Waals surface area contributed by atoms with Crippen LogP contribution in [0.4, 0.5) is 10.8 Å². The molecule has 1 heterocycles. The van der Waals surface area contributed by atoms with Gasteiger partial charge in [-0.3, -0.25) is 9.52 Å². The number of carbonyl (C=O) groups excluding carboxylic acids is 1. The van der Waals surface area contributed by atoms with E-state index in [1.807, 2.05) is 44.2 Å². The van der Waals surface area contributed by atoms with E-state index in [0.29, 0.717) is 16.1 Å². The van der Waals surface area contributed by atoms with Crippen LogP contribution in [0.25, 0.3) is 0 Å². The van der Waals surface area contributed by atoms with Gasteiger partial charge in [-0.25, -0.2) is 13.4 Å². The lowest BCUT2D eigenvalue weighted by atomic mass is 10.1. The number of benzene rings is 2. The molecule has 3 rings (SSSR count). The number of nitrogens with one attached hydrogen (secondary N) is 2. The van der Waals surface area contributed by atoms with Crippen molar-refractivity contribution in [2.45, 2.75) is 39.0 Å². The molecule has 0 saturated carbocycles. The van der Waals surface area contributed by atoms with Crippen molar-refractivity contribution < 1.29 is 13.2 Å². The van der Waals surface area contributed by atoms with Crippen LogP contribution in [0.15, 0.2) is 47.4 Å². The average molecular weight is 430 g/mol. The van der Waals surface area contributed by atoms with E-state index in [4.69, 9.17) is 0 Å². The first-order chi connectivity index (χ1) is 13.7. The SMILES string of the molecule is CCc1ccccc1NC(=O)c1sc(NS(=O)(=O)c2ccc(C)cc2C)nc1C. The number of nitrogens with zero attached hydrogens (tertiary/aromatic N) is 1. The lowest BCUT2D eigenvalue weighted by Crippen LogP contribution is -2.14. The molecule has 0 spiro atoms. The summed E-state index contributed by atoms with van der Waals surface area (Å²) in [7, 11) is -3.79. The number of aryl methyl sites for hydroxylation is 4. The second kappa shape index (κ2) is 8.34. The van der Waals surface area contributed by atoms with Crippen molar-refractivity contribution in [3.63, 3.8) is 0 Å². The summed E-state index contributed by atoms with van der Waals surface area (Å²) in [6, 6.07) is 12.7. The monoisotopic (exact) mass is 429 g/mol. The van der Waals surface area contributed by atoms with Crippen LogP contribution >= 0.6 is 11.3 Å². The quantitative estimate of drug-likeness (QED) is 0.595. The topological polar surface area (TPSA) is 88.2 Å². The van der Waals surface area contributed by atoms with Crippen LogP contribution in [-0.4, -0.2) is 19.3 Å². The van der Waals surface area contributed by atoms with E-state index in [0.717, 1.165) is 34.6 Å². The van der Waals surface area contributed by atoms with Crippen LogP contribution in [0.1, 0.15) is 39.0 Å². The molecule has 2 aromatic carbocycles. The molecule has 6 nitrogen and oxygen atoms in total. The maximum absolute atomic E-state index is 12.8. The smallest absolute Gasteiger partial charge is 0.267 e. The maximum atomic E-state index is 12.8. The van der Waals surface area contributed by atoms with Gasteiger partial charge >= 0.3 is 0 Å². The Morgan fingerprint density at radius 1 is 1.10 bits per heavy atom. The van der Waals surface area contributed by atoms with Crippen molar-refractivity contribution in [2.24, 2.45) is 0 Å². The number of aromatic nitrogens is 1. The fraction of sp³-hybridized carbons (Fsp3) is 0.238. The molecule has 0 bridgehead atoms. The van der Waals surface area contributed by atoms with Crippen molar-refractivity contribution in [1.82, 2.24) is 4.98 Å². The zero-order valence-electron chi connectivity index (χ0n) is 16.7. The highest BCUT2D eigenvalue weighted by Crippen LogP contribution is 2.27. The Bertz CT molecular complexity index is 1170. The number of hydrogen-bond donors (Lipinski definition) is 2. The van der Waals surface area contributed by atoms with Gasteiger partial charge in [0, 0.05) is 5.69 Å². The minimum absolute atomic E-state index is 0.163. The Hall–Kier alpha value is -2.71. The number of amides is 1. The number of hydrogen-bond acceptors (Lipinski definition) is 5. The number of rotatable bonds is 6. The van der Waals surface area contributed by atoms with Gasteiger partial charge in [0.25, 0.3) is 15.9 Å². The zero-order chi connectivity index (χ0) is 21.2. The first-order valence-electron chi connectivity index (χ1n) is 9.18. The first-order valence-corrected chi connectivity index (χ1v) is 11.5. The number of para-hydroxylation sites is 1. The van der Waals surface area contributed by atoms with E-state index in [-0.39, 0.29) is 15.9 Å². The minimum Gasteiger partial charge on any atom is -0.321 e. The van der Waals surface area contributed by atoms with Gasteiger partial charge < -0.3 is 5.32 Å². The van der Waals surface area contributed by atoms with Crippen molar-refractivity contribution in [3.05, 3.63) is 69.7 Å². The molecule has 0 aliphatic rings. The molecule has 29 heavy (non-hydrogen) atoms. The molecule has 152 valence electrons. The van der Waals surface area contributed by atoms with Crippen LogP contribution in [0, 0.1) is 20.8 Å². The molecule has 0 fully saturated rings. The highest BCUT2D eigenvalue weighted by molar-refractivity contribution is 7.93. The summed E-state index contributed by atoms with van der Waals surface area (Å²) in [4.78, 5) is 17.5. The Balaban J connectivity index is 1.83. The number of carbonyl (C=O) groups is 1. The predicted molar refractivity (Wildman–Crippen MR) is 117 cm³/mol. The summed E-state index contributed by atoms with van der Waals surface area (Å²) in [6.07, 6.45) is 0.791. The summed E-state index contributed by atoms with van der Waals surface area (Å²) in [6.45, 7) is 7.36. The molecule has 1 amide bonds. The van der Waals surface area contributed by atoms with Crippen LogP contribution < -0.4 is 10.0 Å². The molecule has 0 saturated heterocycles. The van der Waals surface area contributed by atoms with Gasteiger partial charge in [0.05, 0.1) is 10.6 Å². The molecule has 0 aliphatic heterocycles. The van der Waals surface area contributed by atoms with Gasteiger partial charge in [0.2, 0.25) is 0 Å². The largest absolute Gasteiger partial charge is 0.321 e. The van der Waals surface area contributed by atoms with Crippen LogP contribution in [0.5, 0.6) is 0 Å². The number of thiazole rings is 1. The molecule has 8 heteroatoms. The van der Waals surface area contributed by atoms with Crippen molar-refractivity contribution in [2.75, 3.05) is 10.0 Å². The third kappa shape index (κ3) is 4.65. The van der Waals surface area contributed by atoms with Gasteiger partial charge in [-0.15, -0.1) is 0 Å². The van der Waals surface area contributed by atoms with Crippen molar-refractivity contribution in [3.8, 4) is 0 Å². The normalized spacial score (nSPS) is 11.3. The van der Waals surface area contributed by atoms with Crippen LogP contribution in [-0.2, 0) is 16.4 Å². The molecule has 0 aliphatic carbocycles. The molecule has 1 aromatic heterocycles. The third-order valence-corrected chi connectivity index (χ3v) is 7.19. The highest BCUT2D eigenvalue weighted by atomic mass is 32.2. The van der Waals surface area contributed by atoms with E-state index in [9.17, 15) is 13.2 Å². The van der Waals surface area contributed by atoms with E-state index >= 15 is 0 Å². The highest BCUT2D eigenvalue weighted by Gasteiger charge is 2.22. The van der Waals surface area contributed by atoms with E-state index in [1.54, 1.807) is 26.0 Å². The van der Waals surface area contributed by atoms with Crippen molar-refractivity contribution >= 4 is 38.1 Å². The van der Waals surface area contributed by atoms with E-state index in [1.165, 1.54) is 0 Å². The Morgan fingerprint density at radius 3 is 2.52 bits per heavy atom. The molecule has 0 atom stereocenters. The fourth-order valence-electron chi connectivity index (χ4n) is 3.05. The molecular formula is C21H23N3O3S2. The molecule has 3 aromatic rings. The van der Waals surface area contributed by atoms with Gasteiger partial charge in [0.15, 0.2) is 5.13 Å². The Labute approximate surface area is 175 Å². The minimum atomic E-state index is -3.79. The van der Waals surface area contributed by atoms with E-state index < -0.39 is 10.0 Å². The molecular weight excluding hydrogens is 406 g/mol. The van der Waals surface area contributed by atoms with Crippen LogP contribution in [0.2, 0.25) is 0 Å². The number of anilines is 2. The first kappa shape index (κ1) is 21.0. The van der Waals surface area contributed by atoms with Crippen LogP contribution in [0.3, 0.4) is 0 Å². The Kier molecular flexibility index (Phi) is 6.04. The lowest BCUT2D eigenvalue weighted by Gasteiger charge is -2.09. The van der Waals surface area contributed by atoms with Gasteiger partial charge in [-0.05, 0) is 50.5 Å². The molecule has 0 unspecified atom stereocenters. The third-order valence-electron chi connectivity index (χ3n) is 4.49. The summed E-state index contributed by atoms with van der Waals surface area (Å²) >= 11 is 1.02. The zero-order valence-corrected chi connectivity index (χ0v) is 18.4. The molecule has 0 radical (unpaired) electrons. The average Bonchev–Trinajstić information content (AvgIpc) is 3.01. The maximum Gasteiger partial charge on any atom is 0.267 e. The van der Waals surface area contributed by atoms with Gasteiger partial charge in [0.1, 0.15) is 4.88 Å². The second-order valence-corrected chi connectivity index (χ2v) is 9.42. The molecule has 2 N–H and O–H groups in total. The lowest BCUT2D eigenvalue weighted by molar-refractivity contribution is 0.102. The predicted octanol–water partition coefficient (Wildman–Crippen LogP) is 4.68. The Morgan fingerprint density at radius 2 is 1.83 bits per heavy atom. The van der Waals surface area contributed by atoms with Gasteiger partial charge in [-0.1, -0.05) is 54.2 Å². The summed E-state index contributed by atoms with van der Waals surface area (Å²) in [5.74, 6) is -0.308. The fourth-order valence-corrected chi connectivity index (χ4v) is 5.38. The summed E-state index contributed by atoms with van der Waals surface area (Å²) in [5.41, 5.74) is 3.88. The summed E-state index contributed by atoms with van der Waals surface area (Å²) < 4.78 is 28.0.